The minimum atomic E-state index is 0.0409. The molecule has 0 aromatic carbocycles. The van der Waals surface area contributed by atoms with E-state index in [9.17, 15) is 4.79 Å². The summed E-state index contributed by atoms with van der Waals surface area (Å²) in [5.74, 6) is 1.94. The molecule has 3 heterocycles. The summed E-state index contributed by atoms with van der Waals surface area (Å²) >= 11 is 0. The predicted octanol–water partition coefficient (Wildman–Crippen LogP) is 2.14. The number of aryl methyl sites for hydroxylation is 2. The molecule has 0 spiro atoms. The van der Waals surface area contributed by atoms with E-state index in [1.165, 1.54) is 0 Å². The number of likely N-dealkylation sites (tertiary alicyclic amines) is 1. The molecule has 0 bridgehead atoms. The molecule has 8 nitrogen and oxygen atoms in total. The van der Waals surface area contributed by atoms with Crippen LogP contribution < -0.4 is 0 Å². The van der Waals surface area contributed by atoms with Gasteiger partial charge in [0.2, 0.25) is 5.91 Å². The topological polar surface area (TPSA) is 86.3 Å². The van der Waals surface area contributed by atoms with Crippen molar-refractivity contribution in [3.8, 4) is 0 Å². The maximum absolute atomic E-state index is 12.4. The van der Waals surface area contributed by atoms with E-state index in [-0.39, 0.29) is 18.1 Å². The third-order valence-electron chi connectivity index (χ3n) is 5.00. The van der Waals surface area contributed by atoms with Gasteiger partial charge in [-0.1, -0.05) is 5.16 Å². The van der Waals surface area contributed by atoms with Crippen molar-refractivity contribution < 1.29 is 14.1 Å². The Morgan fingerprint density at radius 3 is 2.81 bits per heavy atom. The van der Waals surface area contributed by atoms with Gasteiger partial charge in [-0.05, 0) is 39.7 Å². The summed E-state index contributed by atoms with van der Waals surface area (Å²) in [5, 5.41) is 8.44. The zero-order valence-corrected chi connectivity index (χ0v) is 15.5. The lowest BCUT2D eigenvalue weighted by Crippen LogP contribution is -2.55. The van der Waals surface area contributed by atoms with Crippen LogP contribution >= 0.6 is 0 Å². The monoisotopic (exact) mass is 359 g/mol. The Balaban J connectivity index is 1.20. The van der Waals surface area contributed by atoms with Gasteiger partial charge in [0.25, 0.3) is 5.89 Å². The lowest BCUT2D eigenvalue weighted by atomic mass is 10.1. The second kappa shape index (κ2) is 6.83. The first-order valence-corrected chi connectivity index (χ1v) is 9.24. The highest BCUT2D eigenvalue weighted by Crippen LogP contribution is 2.38. The van der Waals surface area contributed by atoms with Gasteiger partial charge in [0.1, 0.15) is 6.61 Å². The molecule has 1 aliphatic carbocycles. The molecule has 0 radical (unpaired) electrons. The Kier molecular flexibility index (Phi) is 4.52. The van der Waals surface area contributed by atoms with Crippen LogP contribution in [0.3, 0.4) is 0 Å². The number of hydrogen-bond acceptors (Lipinski definition) is 6. The van der Waals surface area contributed by atoms with Gasteiger partial charge in [-0.25, -0.2) is 0 Å². The first kappa shape index (κ1) is 17.2. The highest BCUT2D eigenvalue weighted by Gasteiger charge is 2.33. The molecule has 1 saturated heterocycles. The van der Waals surface area contributed by atoms with Crippen molar-refractivity contribution in [2.24, 2.45) is 0 Å². The molecule has 1 amide bonds. The van der Waals surface area contributed by atoms with Gasteiger partial charge in [-0.15, -0.1) is 0 Å². The van der Waals surface area contributed by atoms with Gasteiger partial charge in [0, 0.05) is 31.1 Å². The van der Waals surface area contributed by atoms with E-state index in [1.54, 1.807) is 0 Å². The minimum Gasteiger partial charge on any atom is -0.365 e. The highest BCUT2D eigenvalue weighted by molar-refractivity contribution is 5.77. The molecule has 2 aromatic rings. The fraction of sp³-hybridized carbons (Fsp3) is 0.667. The standard InChI is InChI=1S/C18H25N5O3/c1-11-6-12(2)23(20-11)13(3)7-17(24)22-8-15(9-22)25-10-16-19-18(21-26-16)14-4-5-14/h6,13-15H,4-5,7-10H2,1-3H3. The van der Waals surface area contributed by atoms with E-state index in [2.05, 4.69) is 15.2 Å². The van der Waals surface area contributed by atoms with E-state index in [4.69, 9.17) is 9.26 Å². The van der Waals surface area contributed by atoms with Crippen LogP contribution in [0, 0.1) is 13.8 Å². The number of carbonyl (C=O) groups excluding carboxylic acids is 1. The third kappa shape index (κ3) is 3.65. The number of carbonyl (C=O) groups is 1. The van der Waals surface area contributed by atoms with Crippen LogP contribution in [-0.4, -0.2) is 49.9 Å². The van der Waals surface area contributed by atoms with Gasteiger partial charge in [0.05, 0.1) is 17.8 Å². The molecule has 1 unspecified atom stereocenters. The largest absolute Gasteiger partial charge is 0.365 e. The Bertz CT molecular complexity index is 789. The fourth-order valence-electron chi connectivity index (χ4n) is 3.33. The first-order chi connectivity index (χ1) is 12.5. The van der Waals surface area contributed by atoms with Crippen molar-refractivity contribution in [2.45, 2.75) is 64.7 Å². The third-order valence-corrected chi connectivity index (χ3v) is 5.00. The summed E-state index contributed by atoms with van der Waals surface area (Å²) in [6, 6.07) is 2.08. The van der Waals surface area contributed by atoms with Gasteiger partial charge < -0.3 is 14.2 Å². The summed E-state index contributed by atoms with van der Waals surface area (Å²) in [6.07, 6.45) is 2.79. The average molecular weight is 359 g/mol. The number of ether oxygens (including phenoxy) is 1. The van der Waals surface area contributed by atoms with Crippen molar-refractivity contribution in [2.75, 3.05) is 13.1 Å². The quantitative estimate of drug-likeness (QED) is 0.753. The van der Waals surface area contributed by atoms with Crippen molar-refractivity contribution >= 4 is 5.91 Å². The lowest BCUT2D eigenvalue weighted by molar-refractivity contribution is -0.147. The predicted molar refractivity (Wildman–Crippen MR) is 92.5 cm³/mol. The van der Waals surface area contributed by atoms with E-state index >= 15 is 0 Å². The molecular weight excluding hydrogens is 334 g/mol. The number of aromatic nitrogens is 4. The summed E-state index contributed by atoms with van der Waals surface area (Å²) < 4.78 is 12.9. The van der Waals surface area contributed by atoms with Crippen LogP contribution in [0.25, 0.3) is 0 Å². The second-order valence-electron chi connectivity index (χ2n) is 7.48. The Hall–Kier alpha value is -2.22. The van der Waals surface area contributed by atoms with Crippen molar-refractivity contribution in [3.63, 3.8) is 0 Å². The summed E-state index contributed by atoms with van der Waals surface area (Å²) in [5.41, 5.74) is 2.06. The van der Waals surface area contributed by atoms with Gasteiger partial charge in [-0.2, -0.15) is 10.1 Å². The first-order valence-electron chi connectivity index (χ1n) is 9.24. The molecule has 2 fully saturated rings. The van der Waals surface area contributed by atoms with Crippen LogP contribution in [0.4, 0.5) is 0 Å². The summed E-state index contributed by atoms with van der Waals surface area (Å²) in [4.78, 5) is 18.6. The van der Waals surface area contributed by atoms with E-state index in [0.717, 1.165) is 30.1 Å². The minimum absolute atomic E-state index is 0.0409. The smallest absolute Gasteiger partial charge is 0.252 e. The van der Waals surface area contributed by atoms with Crippen LogP contribution in [0.5, 0.6) is 0 Å². The van der Waals surface area contributed by atoms with Crippen LogP contribution in [0.1, 0.15) is 61.2 Å². The fourth-order valence-corrected chi connectivity index (χ4v) is 3.33. The maximum atomic E-state index is 12.4. The molecular formula is C18H25N5O3. The number of nitrogens with zero attached hydrogens (tertiary/aromatic N) is 5. The number of hydrogen-bond donors (Lipinski definition) is 0. The molecule has 1 saturated carbocycles. The van der Waals surface area contributed by atoms with Crippen molar-refractivity contribution in [1.82, 2.24) is 24.8 Å². The van der Waals surface area contributed by atoms with E-state index in [1.807, 2.05) is 36.4 Å². The van der Waals surface area contributed by atoms with Crippen LogP contribution in [0.15, 0.2) is 10.6 Å². The Morgan fingerprint density at radius 1 is 1.38 bits per heavy atom. The van der Waals surface area contributed by atoms with Crippen molar-refractivity contribution in [3.05, 3.63) is 29.2 Å². The summed E-state index contributed by atoms with van der Waals surface area (Å²) in [6.45, 7) is 7.55. The molecule has 2 aromatic heterocycles. The molecule has 4 rings (SSSR count). The molecule has 1 aliphatic heterocycles. The summed E-state index contributed by atoms with van der Waals surface area (Å²) in [7, 11) is 0. The molecule has 2 aliphatic rings. The van der Waals surface area contributed by atoms with Crippen molar-refractivity contribution in [1.29, 1.82) is 0 Å². The second-order valence-corrected chi connectivity index (χ2v) is 7.48. The van der Waals surface area contributed by atoms with Crippen LogP contribution in [-0.2, 0) is 16.1 Å². The van der Waals surface area contributed by atoms with Crippen LogP contribution in [0.2, 0.25) is 0 Å². The average Bonchev–Trinajstić information content (AvgIpc) is 3.19. The van der Waals surface area contributed by atoms with E-state index in [0.29, 0.717) is 37.9 Å². The maximum Gasteiger partial charge on any atom is 0.252 e. The molecule has 26 heavy (non-hydrogen) atoms. The molecule has 0 N–H and O–H groups in total. The van der Waals surface area contributed by atoms with Gasteiger partial charge in [-0.3, -0.25) is 9.48 Å². The van der Waals surface area contributed by atoms with E-state index < -0.39 is 0 Å². The highest BCUT2D eigenvalue weighted by atomic mass is 16.5. The Morgan fingerprint density at radius 2 is 2.15 bits per heavy atom. The number of rotatable bonds is 7. The molecule has 140 valence electrons. The normalized spacial score (nSPS) is 18.8. The Labute approximate surface area is 152 Å². The zero-order chi connectivity index (χ0) is 18.3. The molecule has 8 heteroatoms. The molecule has 1 atom stereocenters. The number of amides is 1. The SMILES string of the molecule is Cc1cc(C)n(C(C)CC(=O)N2CC(OCc3nc(C4CC4)no3)C2)n1. The van der Waals surface area contributed by atoms with Gasteiger partial charge in [0.15, 0.2) is 5.82 Å². The van der Waals surface area contributed by atoms with Gasteiger partial charge >= 0.3 is 0 Å². The zero-order valence-electron chi connectivity index (χ0n) is 15.5. The lowest BCUT2D eigenvalue weighted by Gasteiger charge is -2.39.